The van der Waals surface area contributed by atoms with Gasteiger partial charge in [0.25, 0.3) is 0 Å². The highest BCUT2D eigenvalue weighted by atomic mass is 79.9. The molecule has 0 spiro atoms. The van der Waals surface area contributed by atoms with E-state index in [4.69, 9.17) is 0 Å². The van der Waals surface area contributed by atoms with Gasteiger partial charge in [-0.25, -0.2) is 9.97 Å². The Hall–Kier alpha value is -1.62. The quantitative estimate of drug-likeness (QED) is 0.837. The van der Waals surface area contributed by atoms with Crippen molar-refractivity contribution in [1.29, 1.82) is 0 Å². The molecule has 0 bridgehead atoms. The molecule has 1 heterocycles. The van der Waals surface area contributed by atoms with Crippen molar-refractivity contribution in [2.45, 2.75) is 26.2 Å². The van der Waals surface area contributed by atoms with Crippen molar-refractivity contribution in [2.75, 3.05) is 24.3 Å². The first-order chi connectivity index (χ1) is 9.75. The largest absolute Gasteiger partial charge is 0.378 e. The van der Waals surface area contributed by atoms with E-state index in [1.807, 2.05) is 32.3 Å². The fraction of sp³-hybridized carbons (Fsp3) is 0.375. The number of hydrogen-bond donors (Lipinski definition) is 1. The molecule has 0 saturated carbocycles. The minimum absolute atomic E-state index is 0.0916. The molecule has 0 aliphatic rings. The van der Waals surface area contributed by atoms with Crippen molar-refractivity contribution >= 4 is 33.1 Å². The smallest absolute Gasteiger partial charge is 0.137 e. The minimum Gasteiger partial charge on any atom is -0.378 e. The standard InChI is InChI=1S/C16H21BrN4/c1-16(2,3)15-19-13(17)10-14(20-15)18-11-7-6-8-12(9-11)21(4)5/h6-10H,1-5H3,(H,18,19,20). The molecule has 0 unspecified atom stereocenters. The number of halogens is 1. The maximum atomic E-state index is 4.61. The molecule has 0 amide bonds. The van der Waals surface area contributed by atoms with Gasteiger partial charge in [0, 0.05) is 37.0 Å². The summed E-state index contributed by atoms with van der Waals surface area (Å²) in [4.78, 5) is 11.1. The summed E-state index contributed by atoms with van der Waals surface area (Å²) < 4.78 is 0.786. The predicted molar refractivity (Wildman–Crippen MR) is 92.5 cm³/mol. The van der Waals surface area contributed by atoms with Crippen molar-refractivity contribution in [1.82, 2.24) is 9.97 Å². The molecule has 5 heteroatoms. The topological polar surface area (TPSA) is 41.0 Å². The lowest BCUT2D eigenvalue weighted by atomic mass is 9.96. The van der Waals surface area contributed by atoms with E-state index in [9.17, 15) is 0 Å². The molecule has 1 N–H and O–H groups in total. The second-order valence-electron chi connectivity index (χ2n) is 6.22. The maximum Gasteiger partial charge on any atom is 0.137 e. The summed E-state index contributed by atoms with van der Waals surface area (Å²) in [7, 11) is 4.05. The van der Waals surface area contributed by atoms with Crippen LogP contribution in [0.15, 0.2) is 34.9 Å². The zero-order valence-corrected chi connectivity index (χ0v) is 14.7. The molecule has 0 saturated heterocycles. The highest BCUT2D eigenvalue weighted by molar-refractivity contribution is 9.10. The van der Waals surface area contributed by atoms with Crippen LogP contribution in [0.2, 0.25) is 0 Å². The lowest BCUT2D eigenvalue weighted by molar-refractivity contribution is 0.544. The highest BCUT2D eigenvalue weighted by Gasteiger charge is 2.18. The van der Waals surface area contributed by atoms with Gasteiger partial charge in [0.05, 0.1) is 0 Å². The predicted octanol–water partition coefficient (Wildman–Crippen LogP) is 4.35. The van der Waals surface area contributed by atoms with Crippen LogP contribution in [0, 0.1) is 0 Å². The molecular weight excluding hydrogens is 328 g/mol. The molecule has 2 rings (SSSR count). The monoisotopic (exact) mass is 348 g/mol. The molecule has 0 fully saturated rings. The SMILES string of the molecule is CN(C)c1cccc(Nc2cc(Br)nc(C(C)(C)C)n2)c1. The lowest BCUT2D eigenvalue weighted by Crippen LogP contribution is -2.17. The van der Waals surface area contributed by atoms with Crippen LogP contribution >= 0.6 is 15.9 Å². The van der Waals surface area contributed by atoms with Gasteiger partial charge >= 0.3 is 0 Å². The summed E-state index contributed by atoms with van der Waals surface area (Å²) in [5.74, 6) is 1.60. The number of hydrogen-bond acceptors (Lipinski definition) is 4. The summed E-state index contributed by atoms with van der Waals surface area (Å²) in [6.07, 6.45) is 0. The van der Waals surface area contributed by atoms with Gasteiger partial charge in [-0.05, 0) is 34.1 Å². The van der Waals surface area contributed by atoms with Gasteiger partial charge in [-0.15, -0.1) is 0 Å². The Morgan fingerprint density at radius 2 is 1.81 bits per heavy atom. The van der Waals surface area contributed by atoms with Gasteiger partial charge in [-0.1, -0.05) is 26.8 Å². The van der Waals surface area contributed by atoms with E-state index in [0.717, 1.165) is 27.6 Å². The Morgan fingerprint density at radius 1 is 1.10 bits per heavy atom. The summed E-state index contributed by atoms with van der Waals surface area (Å²) in [6.45, 7) is 6.31. The van der Waals surface area contributed by atoms with Gasteiger partial charge in [0.1, 0.15) is 16.2 Å². The van der Waals surface area contributed by atoms with Crippen molar-refractivity contribution in [3.05, 3.63) is 40.8 Å². The molecule has 112 valence electrons. The van der Waals surface area contributed by atoms with Crippen LogP contribution in [0.1, 0.15) is 26.6 Å². The van der Waals surface area contributed by atoms with Crippen molar-refractivity contribution in [3.8, 4) is 0 Å². The summed E-state index contributed by atoms with van der Waals surface area (Å²) in [6, 6.07) is 10.1. The van der Waals surface area contributed by atoms with E-state index in [2.05, 4.69) is 69.0 Å². The number of benzene rings is 1. The molecule has 0 aliphatic heterocycles. The number of rotatable bonds is 3. The number of aromatic nitrogens is 2. The third-order valence-electron chi connectivity index (χ3n) is 3.00. The Labute approximate surface area is 134 Å². The highest BCUT2D eigenvalue weighted by Crippen LogP contribution is 2.25. The molecule has 0 atom stereocenters. The van der Waals surface area contributed by atoms with Crippen LogP contribution in [0.4, 0.5) is 17.2 Å². The van der Waals surface area contributed by atoms with Crippen molar-refractivity contribution < 1.29 is 0 Å². The first-order valence-electron chi connectivity index (χ1n) is 6.85. The van der Waals surface area contributed by atoms with E-state index < -0.39 is 0 Å². The second kappa shape index (κ2) is 6.02. The van der Waals surface area contributed by atoms with Gasteiger partial charge in [-0.2, -0.15) is 0 Å². The Kier molecular flexibility index (Phi) is 4.52. The van der Waals surface area contributed by atoms with Gasteiger partial charge in [0.2, 0.25) is 0 Å². The van der Waals surface area contributed by atoms with Gasteiger partial charge in [-0.3, -0.25) is 0 Å². The van der Waals surface area contributed by atoms with Crippen LogP contribution in [0.3, 0.4) is 0 Å². The molecular formula is C16H21BrN4. The fourth-order valence-corrected chi connectivity index (χ4v) is 2.21. The fourth-order valence-electron chi connectivity index (χ4n) is 1.83. The van der Waals surface area contributed by atoms with E-state index in [1.165, 1.54) is 0 Å². The average molecular weight is 349 g/mol. The van der Waals surface area contributed by atoms with E-state index >= 15 is 0 Å². The first-order valence-corrected chi connectivity index (χ1v) is 7.64. The summed E-state index contributed by atoms with van der Waals surface area (Å²) in [5.41, 5.74) is 2.06. The molecule has 21 heavy (non-hydrogen) atoms. The van der Waals surface area contributed by atoms with Gasteiger partial charge < -0.3 is 10.2 Å². The average Bonchev–Trinajstić information content (AvgIpc) is 2.37. The normalized spacial score (nSPS) is 11.3. The van der Waals surface area contributed by atoms with E-state index in [1.54, 1.807) is 0 Å². The third kappa shape index (κ3) is 4.17. The number of nitrogens with one attached hydrogen (secondary N) is 1. The summed E-state index contributed by atoms with van der Waals surface area (Å²) >= 11 is 3.46. The van der Waals surface area contributed by atoms with Crippen molar-refractivity contribution in [3.63, 3.8) is 0 Å². The van der Waals surface area contributed by atoms with E-state index in [0.29, 0.717) is 0 Å². The Bertz CT molecular complexity index is 632. The molecule has 1 aromatic heterocycles. The van der Waals surface area contributed by atoms with Crippen LogP contribution in [0.25, 0.3) is 0 Å². The molecule has 1 aromatic carbocycles. The molecule has 4 nitrogen and oxygen atoms in total. The maximum absolute atomic E-state index is 4.61. The second-order valence-corrected chi connectivity index (χ2v) is 7.03. The Balaban J connectivity index is 2.31. The molecule has 2 aromatic rings. The van der Waals surface area contributed by atoms with Crippen LogP contribution in [0.5, 0.6) is 0 Å². The molecule has 0 aliphatic carbocycles. The zero-order chi connectivity index (χ0) is 15.6. The van der Waals surface area contributed by atoms with Crippen LogP contribution in [-0.4, -0.2) is 24.1 Å². The van der Waals surface area contributed by atoms with Crippen LogP contribution in [-0.2, 0) is 5.41 Å². The van der Waals surface area contributed by atoms with E-state index in [-0.39, 0.29) is 5.41 Å². The number of nitrogens with zero attached hydrogens (tertiary/aromatic N) is 3. The first kappa shape index (κ1) is 15.8. The van der Waals surface area contributed by atoms with Crippen LogP contribution < -0.4 is 10.2 Å². The molecule has 0 radical (unpaired) electrons. The Morgan fingerprint density at radius 3 is 2.43 bits per heavy atom. The van der Waals surface area contributed by atoms with Gasteiger partial charge in [0.15, 0.2) is 0 Å². The van der Waals surface area contributed by atoms with Crippen molar-refractivity contribution in [2.24, 2.45) is 0 Å². The third-order valence-corrected chi connectivity index (χ3v) is 3.41. The minimum atomic E-state index is -0.0916. The summed E-state index contributed by atoms with van der Waals surface area (Å²) in [5, 5.41) is 3.34. The number of anilines is 3. The zero-order valence-electron chi connectivity index (χ0n) is 13.1. The lowest BCUT2D eigenvalue weighted by Gasteiger charge is -2.18.